The zero-order chi connectivity index (χ0) is 12.4. The van der Waals surface area contributed by atoms with Crippen LogP contribution < -0.4 is 5.73 Å². The van der Waals surface area contributed by atoms with Crippen molar-refractivity contribution in [1.82, 2.24) is 0 Å². The molecule has 1 unspecified atom stereocenters. The molecule has 2 atom stereocenters. The van der Waals surface area contributed by atoms with Crippen LogP contribution in [0.15, 0.2) is 0 Å². The first kappa shape index (κ1) is 13.9. The number of carbonyl (C=O) groups is 2. The van der Waals surface area contributed by atoms with Crippen molar-refractivity contribution in [3.8, 4) is 0 Å². The highest BCUT2D eigenvalue weighted by molar-refractivity contribution is 6.04. The molecule has 6 nitrogen and oxygen atoms in total. The number of aliphatic carboxylic acids is 1. The molecule has 0 radical (unpaired) electrons. The van der Waals surface area contributed by atoms with Gasteiger partial charge in [0.15, 0.2) is 0 Å². The maximum absolute atomic E-state index is 11.5. The molecular weight excluding hydrogens is 202 g/mol. The van der Waals surface area contributed by atoms with Gasteiger partial charge in [0.25, 0.3) is 0 Å². The number of carboxylic acid groups (broad SMARTS) is 1. The number of hydrogen-bond acceptors (Lipinski definition) is 5. The number of nitrogens with two attached hydrogens (primary N) is 1. The second-order valence-corrected chi connectivity index (χ2v) is 4.35. The summed E-state index contributed by atoms with van der Waals surface area (Å²) >= 11 is 0. The minimum absolute atomic E-state index is 0.855. The van der Waals surface area contributed by atoms with Crippen molar-refractivity contribution in [2.24, 2.45) is 5.73 Å². The van der Waals surface area contributed by atoms with Gasteiger partial charge in [-0.3, -0.25) is 0 Å². The first-order chi connectivity index (χ1) is 6.51. The third kappa shape index (κ3) is 3.17. The molecule has 0 amide bonds. The number of esters is 1. The van der Waals surface area contributed by atoms with Gasteiger partial charge in [-0.25, -0.2) is 9.59 Å². The quantitative estimate of drug-likeness (QED) is 0.435. The van der Waals surface area contributed by atoms with Crippen LogP contribution in [0.4, 0.5) is 0 Å². The molecule has 0 aromatic carbocycles. The normalized spacial score (nSPS) is 17.7. The summed E-state index contributed by atoms with van der Waals surface area (Å²) in [6.07, 6.45) is -1.54. The van der Waals surface area contributed by atoms with E-state index in [1.54, 1.807) is 20.8 Å². The van der Waals surface area contributed by atoms with Crippen LogP contribution in [-0.4, -0.2) is 39.4 Å². The van der Waals surface area contributed by atoms with Gasteiger partial charge in [0.05, 0.1) is 6.10 Å². The van der Waals surface area contributed by atoms with Crippen LogP contribution in [-0.2, 0) is 14.3 Å². The number of hydrogen-bond donors (Lipinski definition) is 3. The smallest absolute Gasteiger partial charge is 0.341 e. The van der Waals surface area contributed by atoms with Gasteiger partial charge in [-0.05, 0) is 27.7 Å². The Morgan fingerprint density at radius 1 is 1.33 bits per heavy atom. The summed E-state index contributed by atoms with van der Waals surface area (Å²) < 4.78 is 4.82. The lowest BCUT2D eigenvalue weighted by Crippen LogP contribution is -2.63. The van der Waals surface area contributed by atoms with Gasteiger partial charge in [-0.2, -0.15) is 0 Å². The molecule has 0 heterocycles. The Morgan fingerprint density at radius 3 is 1.93 bits per heavy atom. The van der Waals surface area contributed by atoms with Crippen molar-refractivity contribution in [2.75, 3.05) is 0 Å². The van der Waals surface area contributed by atoms with Gasteiger partial charge >= 0.3 is 11.9 Å². The minimum atomic E-state index is -2.42. The number of rotatable bonds is 3. The number of ether oxygens (including phenoxy) is 1. The van der Waals surface area contributed by atoms with Crippen LogP contribution in [0, 0.1) is 0 Å². The number of carboxylic acids is 1. The molecule has 0 aliphatic heterocycles. The lowest BCUT2D eigenvalue weighted by Gasteiger charge is -2.29. The molecule has 0 aliphatic carbocycles. The van der Waals surface area contributed by atoms with E-state index in [4.69, 9.17) is 15.6 Å². The highest BCUT2D eigenvalue weighted by Crippen LogP contribution is 2.16. The highest BCUT2D eigenvalue weighted by Gasteiger charge is 2.49. The Labute approximate surface area is 88.0 Å². The van der Waals surface area contributed by atoms with E-state index in [0.717, 1.165) is 6.92 Å². The summed E-state index contributed by atoms with van der Waals surface area (Å²) in [5.41, 5.74) is 2.03. The Hall–Kier alpha value is -1.14. The second-order valence-electron chi connectivity index (χ2n) is 4.35. The fourth-order valence-electron chi connectivity index (χ4n) is 0.799. The molecule has 0 saturated heterocycles. The van der Waals surface area contributed by atoms with Gasteiger partial charge < -0.3 is 20.7 Å². The van der Waals surface area contributed by atoms with Gasteiger partial charge in [-0.15, -0.1) is 0 Å². The molecule has 15 heavy (non-hydrogen) atoms. The zero-order valence-electron chi connectivity index (χ0n) is 9.27. The van der Waals surface area contributed by atoms with Crippen LogP contribution in [0.25, 0.3) is 0 Å². The van der Waals surface area contributed by atoms with E-state index in [1.807, 2.05) is 0 Å². The Bertz CT molecular complexity index is 268. The molecule has 0 aromatic heterocycles. The van der Waals surface area contributed by atoms with Gasteiger partial charge in [-0.1, -0.05) is 0 Å². The largest absolute Gasteiger partial charge is 0.479 e. The molecule has 0 rings (SSSR count). The molecule has 0 saturated carbocycles. The maximum atomic E-state index is 11.5. The Morgan fingerprint density at radius 2 is 1.73 bits per heavy atom. The SMILES string of the molecule is CC(O)[C@](N)(C(=O)O)C(=O)OC(C)(C)C. The van der Waals surface area contributed by atoms with Gasteiger partial charge in [0.2, 0.25) is 5.54 Å². The average Bonchev–Trinajstić information content (AvgIpc) is 1.98. The van der Waals surface area contributed by atoms with Crippen LogP contribution in [0.5, 0.6) is 0 Å². The van der Waals surface area contributed by atoms with Crippen LogP contribution >= 0.6 is 0 Å². The minimum Gasteiger partial charge on any atom is -0.479 e. The highest BCUT2D eigenvalue weighted by atomic mass is 16.6. The molecular formula is C9H17NO5. The number of aliphatic hydroxyl groups excluding tert-OH is 1. The first-order valence-electron chi connectivity index (χ1n) is 4.45. The monoisotopic (exact) mass is 219 g/mol. The molecule has 0 fully saturated rings. The van der Waals surface area contributed by atoms with E-state index >= 15 is 0 Å². The fourth-order valence-corrected chi connectivity index (χ4v) is 0.799. The van der Waals surface area contributed by atoms with Gasteiger partial charge in [0, 0.05) is 0 Å². The lowest BCUT2D eigenvalue weighted by molar-refractivity contribution is -0.174. The molecule has 0 aliphatic rings. The van der Waals surface area contributed by atoms with Crippen molar-refractivity contribution in [1.29, 1.82) is 0 Å². The first-order valence-corrected chi connectivity index (χ1v) is 4.45. The summed E-state index contributed by atoms with van der Waals surface area (Å²) in [6, 6.07) is 0. The molecule has 0 aromatic rings. The van der Waals surface area contributed by atoms with Crippen LogP contribution in [0.2, 0.25) is 0 Å². The Balaban J connectivity index is 4.97. The summed E-state index contributed by atoms with van der Waals surface area (Å²) in [6.45, 7) is 5.86. The predicted molar refractivity (Wildman–Crippen MR) is 52.1 cm³/mol. The summed E-state index contributed by atoms with van der Waals surface area (Å²) in [4.78, 5) is 22.3. The van der Waals surface area contributed by atoms with Crippen LogP contribution in [0.3, 0.4) is 0 Å². The van der Waals surface area contributed by atoms with Crippen molar-refractivity contribution in [2.45, 2.75) is 44.9 Å². The summed E-state index contributed by atoms with van der Waals surface area (Å²) in [5.74, 6) is -2.77. The van der Waals surface area contributed by atoms with E-state index < -0.39 is 29.2 Å². The molecule has 0 bridgehead atoms. The van der Waals surface area contributed by atoms with Crippen molar-refractivity contribution >= 4 is 11.9 Å². The predicted octanol–water partition coefficient (Wildman–Crippen LogP) is -0.509. The van der Waals surface area contributed by atoms with E-state index in [0.29, 0.717) is 0 Å². The number of aliphatic hydroxyl groups is 1. The van der Waals surface area contributed by atoms with Gasteiger partial charge in [0.1, 0.15) is 5.60 Å². The van der Waals surface area contributed by atoms with Crippen molar-refractivity contribution < 1.29 is 24.5 Å². The second kappa shape index (κ2) is 4.16. The van der Waals surface area contributed by atoms with E-state index in [2.05, 4.69) is 0 Å². The third-order valence-electron chi connectivity index (χ3n) is 1.75. The lowest BCUT2D eigenvalue weighted by atomic mass is 9.94. The summed E-state index contributed by atoms with van der Waals surface area (Å²) in [5, 5.41) is 18.0. The van der Waals surface area contributed by atoms with E-state index in [-0.39, 0.29) is 0 Å². The molecule has 4 N–H and O–H groups in total. The Kier molecular flexibility index (Phi) is 3.84. The van der Waals surface area contributed by atoms with Crippen molar-refractivity contribution in [3.63, 3.8) is 0 Å². The molecule has 6 heteroatoms. The van der Waals surface area contributed by atoms with Crippen molar-refractivity contribution in [3.05, 3.63) is 0 Å². The zero-order valence-corrected chi connectivity index (χ0v) is 9.27. The molecule has 0 spiro atoms. The van der Waals surface area contributed by atoms with E-state index in [9.17, 15) is 14.7 Å². The maximum Gasteiger partial charge on any atom is 0.341 e. The topological polar surface area (TPSA) is 110 Å². The average molecular weight is 219 g/mol. The van der Waals surface area contributed by atoms with E-state index in [1.165, 1.54) is 0 Å². The number of carbonyl (C=O) groups excluding carboxylic acids is 1. The molecule has 88 valence electrons. The summed E-state index contributed by atoms with van der Waals surface area (Å²) in [7, 11) is 0. The van der Waals surface area contributed by atoms with Crippen LogP contribution in [0.1, 0.15) is 27.7 Å². The fraction of sp³-hybridized carbons (Fsp3) is 0.778. The standard InChI is InChI=1S/C9H17NO5/c1-5(11)9(10,6(12)13)7(14)15-8(2,3)4/h5,11H,10H2,1-4H3,(H,12,13)/t5?,9-/m0/s1. The third-order valence-corrected chi connectivity index (χ3v) is 1.75.